The van der Waals surface area contributed by atoms with E-state index in [0.29, 0.717) is 22.6 Å². The van der Waals surface area contributed by atoms with Gasteiger partial charge in [0.2, 0.25) is 5.91 Å². The highest BCUT2D eigenvalue weighted by Gasteiger charge is 2.14. The first-order valence-corrected chi connectivity index (χ1v) is 12.2. The normalized spacial score (nSPS) is 11.8. The van der Waals surface area contributed by atoms with E-state index in [1.54, 1.807) is 11.6 Å². The largest absolute Gasteiger partial charge is 0.484 e. The van der Waals surface area contributed by atoms with Crippen molar-refractivity contribution in [1.29, 1.82) is 0 Å². The number of thioether (sulfide) groups is 1. The summed E-state index contributed by atoms with van der Waals surface area (Å²) in [5.41, 5.74) is 2.27. The molecule has 34 heavy (non-hydrogen) atoms. The molecule has 1 atom stereocenters. The third kappa shape index (κ3) is 7.34. The van der Waals surface area contributed by atoms with Crippen LogP contribution in [0.3, 0.4) is 0 Å². The molecule has 0 aliphatic heterocycles. The molecular formula is C25H31N5O3S. The Bertz CT molecular complexity index is 1080. The fourth-order valence-electron chi connectivity index (χ4n) is 3.19. The van der Waals surface area contributed by atoms with Gasteiger partial charge in [0.1, 0.15) is 5.75 Å². The van der Waals surface area contributed by atoms with Crippen LogP contribution in [0.1, 0.15) is 49.7 Å². The van der Waals surface area contributed by atoms with Crippen LogP contribution in [0, 0.1) is 0 Å². The molecule has 180 valence electrons. The van der Waals surface area contributed by atoms with Gasteiger partial charge in [0.25, 0.3) is 5.91 Å². The van der Waals surface area contributed by atoms with Crippen LogP contribution in [0.2, 0.25) is 0 Å². The Morgan fingerprint density at radius 3 is 2.35 bits per heavy atom. The van der Waals surface area contributed by atoms with E-state index in [4.69, 9.17) is 4.74 Å². The highest BCUT2D eigenvalue weighted by molar-refractivity contribution is 7.99. The lowest BCUT2D eigenvalue weighted by Crippen LogP contribution is -2.29. The average Bonchev–Trinajstić information content (AvgIpc) is 3.20. The van der Waals surface area contributed by atoms with Crippen molar-refractivity contribution in [2.45, 2.75) is 44.4 Å². The summed E-state index contributed by atoms with van der Waals surface area (Å²) >= 11 is 1.30. The maximum atomic E-state index is 12.3. The number of nitrogens with zero attached hydrogens (tertiary/aromatic N) is 3. The van der Waals surface area contributed by atoms with Gasteiger partial charge in [-0.3, -0.25) is 9.59 Å². The second-order valence-electron chi connectivity index (χ2n) is 8.24. The van der Waals surface area contributed by atoms with E-state index in [1.807, 2.05) is 61.5 Å². The summed E-state index contributed by atoms with van der Waals surface area (Å²) in [6.45, 7) is 6.34. The minimum atomic E-state index is -0.251. The van der Waals surface area contributed by atoms with Crippen molar-refractivity contribution in [1.82, 2.24) is 25.4 Å². The molecule has 0 radical (unpaired) electrons. The Kier molecular flexibility index (Phi) is 9.09. The van der Waals surface area contributed by atoms with Crippen molar-refractivity contribution in [3.63, 3.8) is 0 Å². The van der Waals surface area contributed by atoms with Crippen molar-refractivity contribution < 1.29 is 14.3 Å². The zero-order chi connectivity index (χ0) is 24.5. The Balaban J connectivity index is 1.41. The van der Waals surface area contributed by atoms with Crippen LogP contribution in [-0.2, 0) is 23.2 Å². The van der Waals surface area contributed by atoms with E-state index >= 15 is 0 Å². The topological polar surface area (TPSA) is 98.1 Å². The van der Waals surface area contributed by atoms with Crippen LogP contribution < -0.4 is 15.4 Å². The monoisotopic (exact) mass is 481 g/mol. The zero-order valence-corrected chi connectivity index (χ0v) is 20.8. The molecule has 0 aliphatic rings. The molecule has 0 unspecified atom stereocenters. The molecule has 3 aromatic rings. The van der Waals surface area contributed by atoms with Gasteiger partial charge >= 0.3 is 0 Å². The number of ether oxygens (including phenoxy) is 1. The maximum absolute atomic E-state index is 12.3. The smallest absolute Gasteiger partial charge is 0.258 e. The summed E-state index contributed by atoms with van der Waals surface area (Å²) in [5, 5.41) is 14.6. The number of hydrogen-bond donors (Lipinski definition) is 2. The third-order valence-electron chi connectivity index (χ3n) is 5.29. The van der Waals surface area contributed by atoms with Crippen LogP contribution >= 0.6 is 11.8 Å². The molecule has 0 aliphatic carbocycles. The summed E-state index contributed by atoms with van der Waals surface area (Å²) in [7, 11) is 1.81. The lowest BCUT2D eigenvalue weighted by molar-refractivity contribution is -0.123. The van der Waals surface area contributed by atoms with E-state index < -0.39 is 0 Å². The fourth-order valence-corrected chi connectivity index (χ4v) is 3.93. The second-order valence-corrected chi connectivity index (χ2v) is 9.18. The summed E-state index contributed by atoms with van der Waals surface area (Å²) in [4.78, 5) is 24.5. The summed E-state index contributed by atoms with van der Waals surface area (Å²) in [6.07, 6.45) is 0. The molecule has 8 nitrogen and oxygen atoms in total. The van der Waals surface area contributed by atoms with E-state index in [0.717, 1.165) is 5.56 Å². The van der Waals surface area contributed by atoms with E-state index in [-0.39, 0.29) is 36.8 Å². The van der Waals surface area contributed by atoms with Gasteiger partial charge in [-0.25, -0.2) is 0 Å². The van der Waals surface area contributed by atoms with E-state index in [1.165, 1.54) is 17.3 Å². The van der Waals surface area contributed by atoms with Gasteiger partial charge in [0.15, 0.2) is 17.6 Å². The molecule has 3 rings (SSSR count). The molecule has 0 fully saturated rings. The van der Waals surface area contributed by atoms with Crippen molar-refractivity contribution in [3.05, 3.63) is 71.5 Å². The number of hydrogen-bond acceptors (Lipinski definition) is 6. The predicted molar refractivity (Wildman–Crippen MR) is 133 cm³/mol. The minimum absolute atomic E-state index is 0.0741. The van der Waals surface area contributed by atoms with E-state index in [9.17, 15) is 9.59 Å². The molecule has 2 N–H and O–H groups in total. The standard InChI is InChI=1S/C25H31N5O3S/c1-17(2)19-10-12-21(13-11-19)33-15-23(31)26-14-22-28-29-25(30(22)4)34-16-24(32)27-18(3)20-8-6-5-7-9-20/h5-13,17-18H,14-16H2,1-4H3,(H,26,31)(H,27,32)/t18-/m1/s1. The zero-order valence-electron chi connectivity index (χ0n) is 19.9. The third-order valence-corrected chi connectivity index (χ3v) is 6.32. The molecule has 1 heterocycles. The van der Waals surface area contributed by atoms with Crippen molar-refractivity contribution in [2.75, 3.05) is 12.4 Å². The molecule has 2 aromatic carbocycles. The average molecular weight is 482 g/mol. The summed E-state index contributed by atoms with van der Waals surface area (Å²) in [5.74, 6) is 1.57. The van der Waals surface area contributed by atoms with Gasteiger partial charge in [-0.05, 0) is 36.1 Å². The van der Waals surface area contributed by atoms with Gasteiger partial charge in [0, 0.05) is 7.05 Å². The Hall–Kier alpha value is -3.33. The minimum Gasteiger partial charge on any atom is -0.484 e. The first-order chi connectivity index (χ1) is 16.3. The highest BCUT2D eigenvalue weighted by atomic mass is 32.2. The molecule has 0 saturated carbocycles. The van der Waals surface area contributed by atoms with Gasteiger partial charge in [-0.1, -0.05) is 68.1 Å². The molecule has 9 heteroatoms. The molecule has 0 spiro atoms. The quantitative estimate of drug-likeness (QED) is 0.406. The molecule has 2 amide bonds. The van der Waals surface area contributed by atoms with Crippen molar-refractivity contribution in [3.8, 4) is 5.75 Å². The molecule has 1 aromatic heterocycles. The number of carbonyl (C=O) groups excluding carboxylic acids is 2. The summed E-state index contributed by atoms with van der Waals surface area (Å²) < 4.78 is 7.32. The number of nitrogens with one attached hydrogen (secondary N) is 2. The Morgan fingerprint density at radius 1 is 0.971 bits per heavy atom. The maximum Gasteiger partial charge on any atom is 0.258 e. The van der Waals surface area contributed by atoms with Crippen LogP contribution in [0.15, 0.2) is 59.8 Å². The highest BCUT2D eigenvalue weighted by Crippen LogP contribution is 2.19. The number of carbonyl (C=O) groups is 2. The number of benzene rings is 2. The van der Waals surface area contributed by atoms with Gasteiger partial charge in [0.05, 0.1) is 18.3 Å². The SMILES string of the molecule is CC(C)c1ccc(OCC(=O)NCc2nnc(SCC(=O)N[C@H](C)c3ccccc3)n2C)cc1. The molecule has 0 bridgehead atoms. The van der Waals surface area contributed by atoms with Gasteiger partial charge < -0.3 is 19.9 Å². The lowest BCUT2D eigenvalue weighted by atomic mass is 10.0. The lowest BCUT2D eigenvalue weighted by Gasteiger charge is -2.14. The predicted octanol–water partition coefficient (Wildman–Crippen LogP) is 3.60. The van der Waals surface area contributed by atoms with Crippen LogP contribution in [0.4, 0.5) is 0 Å². The number of aromatic nitrogens is 3. The van der Waals surface area contributed by atoms with Crippen molar-refractivity contribution in [2.24, 2.45) is 7.05 Å². The fraction of sp³-hybridized carbons (Fsp3) is 0.360. The van der Waals surface area contributed by atoms with Crippen LogP contribution in [0.5, 0.6) is 5.75 Å². The summed E-state index contributed by atoms with van der Waals surface area (Å²) in [6, 6.07) is 17.5. The Morgan fingerprint density at radius 2 is 1.68 bits per heavy atom. The Labute approximate surface area is 204 Å². The van der Waals surface area contributed by atoms with Crippen molar-refractivity contribution >= 4 is 23.6 Å². The second kappa shape index (κ2) is 12.2. The van der Waals surface area contributed by atoms with Crippen LogP contribution in [-0.4, -0.2) is 38.9 Å². The number of rotatable bonds is 11. The van der Waals surface area contributed by atoms with E-state index in [2.05, 4.69) is 34.7 Å². The molecule has 0 saturated heterocycles. The van der Waals surface area contributed by atoms with Gasteiger partial charge in [-0.15, -0.1) is 10.2 Å². The van der Waals surface area contributed by atoms with Gasteiger partial charge in [-0.2, -0.15) is 0 Å². The molecular weight excluding hydrogens is 450 g/mol. The first-order valence-electron chi connectivity index (χ1n) is 11.2. The number of amides is 2. The first kappa shape index (κ1) is 25.3. The van der Waals surface area contributed by atoms with Crippen LogP contribution in [0.25, 0.3) is 0 Å².